The van der Waals surface area contributed by atoms with Crippen LogP contribution in [0.15, 0.2) is 47.6 Å². The maximum Gasteiger partial charge on any atom is 0.289 e. The zero-order valence-electron chi connectivity index (χ0n) is 14.1. The number of nitroso groups, excluding NO2 is 1. The SMILES string of the molecule is O=NC(=O)C1CCc2c(c3cc(F)ccc3n2C(=O)c2ccc(Cl)cc2)C1. The van der Waals surface area contributed by atoms with Gasteiger partial charge in [0.1, 0.15) is 5.82 Å². The van der Waals surface area contributed by atoms with Crippen molar-refractivity contribution in [1.29, 1.82) is 0 Å². The largest absolute Gasteiger partial charge is 0.289 e. The number of nitrogens with zero attached hydrogens (tertiary/aromatic N) is 2. The van der Waals surface area contributed by atoms with Gasteiger partial charge in [0.2, 0.25) is 0 Å². The minimum atomic E-state index is -0.706. The van der Waals surface area contributed by atoms with E-state index in [1.807, 2.05) is 0 Å². The molecule has 0 bridgehead atoms. The first-order valence-electron chi connectivity index (χ1n) is 8.48. The molecule has 1 aliphatic carbocycles. The number of aromatic nitrogens is 1. The first-order chi connectivity index (χ1) is 13.0. The molecule has 3 aromatic rings. The van der Waals surface area contributed by atoms with Gasteiger partial charge >= 0.3 is 0 Å². The highest BCUT2D eigenvalue weighted by atomic mass is 35.5. The van der Waals surface area contributed by atoms with Gasteiger partial charge in [-0.2, -0.15) is 0 Å². The summed E-state index contributed by atoms with van der Waals surface area (Å²) >= 11 is 5.90. The van der Waals surface area contributed by atoms with Crippen LogP contribution in [0.25, 0.3) is 10.9 Å². The third kappa shape index (κ3) is 2.96. The van der Waals surface area contributed by atoms with Gasteiger partial charge in [-0.3, -0.25) is 14.2 Å². The number of carbonyl (C=O) groups is 2. The zero-order chi connectivity index (χ0) is 19.1. The van der Waals surface area contributed by atoms with E-state index in [1.165, 1.54) is 12.1 Å². The molecule has 0 fully saturated rings. The third-order valence-corrected chi connectivity index (χ3v) is 5.31. The van der Waals surface area contributed by atoms with Crippen LogP contribution in [-0.4, -0.2) is 16.4 Å². The predicted octanol–water partition coefficient (Wildman–Crippen LogP) is 4.52. The second-order valence-corrected chi connectivity index (χ2v) is 7.04. The Hall–Kier alpha value is -2.86. The van der Waals surface area contributed by atoms with Crippen LogP contribution in [0.3, 0.4) is 0 Å². The van der Waals surface area contributed by atoms with Crippen molar-refractivity contribution in [2.45, 2.75) is 19.3 Å². The molecule has 1 aromatic heterocycles. The minimum Gasteiger partial charge on any atom is -0.280 e. The van der Waals surface area contributed by atoms with Crippen molar-refractivity contribution in [2.24, 2.45) is 11.1 Å². The minimum absolute atomic E-state index is 0.247. The van der Waals surface area contributed by atoms with Gasteiger partial charge in [0.15, 0.2) is 0 Å². The first-order valence-corrected chi connectivity index (χ1v) is 8.86. The summed E-state index contributed by atoms with van der Waals surface area (Å²) in [5.74, 6) is -1.92. The summed E-state index contributed by atoms with van der Waals surface area (Å²) in [6, 6.07) is 10.8. The molecule has 0 N–H and O–H groups in total. The molecular weight excluding hydrogens is 371 g/mol. The number of carbonyl (C=O) groups excluding carboxylic acids is 2. The fourth-order valence-electron chi connectivity index (χ4n) is 3.77. The molecule has 0 radical (unpaired) electrons. The summed E-state index contributed by atoms with van der Waals surface area (Å²) in [5.41, 5.74) is 2.50. The van der Waals surface area contributed by atoms with Crippen molar-refractivity contribution in [3.63, 3.8) is 0 Å². The number of rotatable bonds is 2. The van der Waals surface area contributed by atoms with E-state index in [9.17, 15) is 18.9 Å². The quantitative estimate of drug-likeness (QED) is 0.610. The van der Waals surface area contributed by atoms with Crippen molar-refractivity contribution in [2.75, 3.05) is 0 Å². The van der Waals surface area contributed by atoms with Gasteiger partial charge in [-0.1, -0.05) is 11.6 Å². The molecule has 5 nitrogen and oxygen atoms in total. The Morgan fingerprint density at radius 1 is 1.15 bits per heavy atom. The van der Waals surface area contributed by atoms with Crippen molar-refractivity contribution < 1.29 is 14.0 Å². The van der Waals surface area contributed by atoms with Crippen LogP contribution in [0.4, 0.5) is 4.39 Å². The number of amides is 1. The molecule has 4 rings (SSSR count). The van der Waals surface area contributed by atoms with Crippen molar-refractivity contribution in [1.82, 2.24) is 4.57 Å². The van der Waals surface area contributed by atoms with Crippen LogP contribution in [-0.2, 0) is 17.6 Å². The van der Waals surface area contributed by atoms with Crippen LogP contribution in [0.2, 0.25) is 5.02 Å². The van der Waals surface area contributed by atoms with E-state index in [0.29, 0.717) is 34.3 Å². The number of halogens is 2. The van der Waals surface area contributed by atoms with Gasteiger partial charge in [-0.15, -0.1) is 4.91 Å². The lowest BCUT2D eigenvalue weighted by molar-refractivity contribution is -0.122. The second-order valence-electron chi connectivity index (χ2n) is 6.60. The molecule has 2 aromatic carbocycles. The molecule has 0 saturated carbocycles. The van der Waals surface area contributed by atoms with E-state index in [4.69, 9.17) is 11.6 Å². The molecule has 1 aliphatic rings. The molecule has 1 unspecified atom stereocenters. The number of benzene rings is 2. The van der Waals surface area contributed by atoms with E-state index in [1.54, 1.807) is 34.9 Å². The lowest BCUT2D eigenvalue weighted by Gasteiger charge is -2.20. The van der Waals surface area contributed by atoms with Crippen LogP contribution in [0.1, 0.15) is 28.0 Å². The van der Waals surface area contributed by atoms with Gasteiger partial charge in [0.25, 0.3) is 11.8 Å². The van der Waals surface area contributed by atoms with Crippen LogP contribution >= 0.6 is 11.6 Å². The Balaban J connectivity index is 1.89. The number of hydrogen-bond acceptors (Lipinski definition) is 3. The van der Waals surface area contributed by atoms with Crippen LogP contribution in [0.5, 0.6) is 0 Å². The zero-order valence-corrected chi connectivity index (χ0v) is 14.9. The number of fused-ring (bicyclic) bond motifs is 3. The molecule has 0 aliphatic heterocycles. The van der Waals surface area contributed by atoms with Crippen LogP contribution < -0.4 is 0 Å². The van der Waals surface area contributed by atoms with Crippen molar-refractivity contribution in [3.05, 3.63) is 75.0 Å². The van der Waals surface area contributed by atoms with E-state index in [2.05, 4.69) is 5.18 Å². The molecule has 0 spiro atoms. The summed E-state index contributed by atoms with van der Waals surface area (Å²) in [6.07, 6.45) is 1.11. The average molecular weight is 385 g/mol. The molecule has 0 saturated heterocycles. The smallest absolute Gasteiger partial charge is 0.280 e. The lowest BCUT2D eigenvalue weighted by atomic mass is 9.86. The Labute approximate surface area is 158 Å². The van der Waals surface area contributed by atoms with Gasteiger partial charge < -0.3 is 0 Å². The first kappa shape index (κ1) is 17.5. The lowest BCUT2D eigenvalue weighted by Crippen LogP contribution is -2.24. The number of hydrogen-bond donors (Lipinski definition) is 0. The normalized spacial score (nSPS) is 16.1. The Morgan fingerprint density at radius 3 is 2.59 bits per heavy atom. The van der Waals surface area contributed by atoms with E-state index in [0.717, 1.165) is 11.3 Å². The summed E-state index contributed by atoms with van der Waals surface area (Å²) in [7, 11) is 0. The van der Waals surface area contributed by atoms with Gasteiger partial charge in [0, 0.05) is 32.8 Å². The third-order valence-electron chi connectivity index (χ3n) is 5.06. The molecule has 27 heavy (non-hydrogen) atoms. The molecule has 7 heteroatoms. The maximum atomic E-state index is 13.9. The highest BCUT2D eigenvalue weighted by Crippen LogP contribution is 2.36. The monoisotopic (exact) mass is 384 g/mol. The summed E-state index contributed by atoms with van der Waals surface area (Å²) in [4.78, 5) is 35.5. The summed E-state index contributed by atoms with van der Waals surface area (Å²) in [6.45, 7) is 0. The Morgan fingerprint density at radius 2 is 1.89 bits per heavy atom. The van der Waals surface area contributed by atoms with E-state index >= 15 is 0 Å². The molecule has 136 valence electrons. The molecule has 1 atom stereocenters. The fourth-order valence-corrected chi connectivity index (χ4v) is 3.90. The van der Waals surface area contributed by atoms with E-state index < -0.39 is 17.6 Å². The van der Waals surface area contributed by atoms with Gasteiger partial charge in [0.05, 0.1) is 5.52 Å². The molecule has 1 amide bonds. The predicted molar refractivity (Wildman–Crippen MR) is 99.4 cm³/mol. The highest BCUT2D eigenvalue weighted by molar-refractivity contribution is 6.30. The standard InChI is InChI=1S/C20H14ClFN2O3/c21-13-4-1-11(2-5-13)20(26)24-17-7-3-12(19(25)23-27)9-15(17)16-10-14(22)6-8-18(16)24/h1-2,4-6,8,10,12H,3,7,9H2. The maximum absolute atomic E-state index is 13.9. The van der Waals surface area contributed by atoms with Gasteiger partial charge in [-0.25, -0.2) is 4.39 Å². The van der Waals surface area contributed by atoms with Gasteiger partial charge in [-0.05, 0) is 67.3 Å². The molecular formula is C20H14ClFN2O3. The topological polar surface area (TPSA) is 68.5 Å². The molecule has 1 heterocycles. The van der Waals surface area contributed by atoms with Crippen molar-refractivity contribution >= 4 is 34.3 Å². The van der Waals surface area contributed by atoms with Crippen LogP contribution in [0, 0.1) is 16.6 Å². The Bertz CT molecular complexity index is 1090. The average Bonchev–Trinajstić information content (AvgIpc) is 3.00. The highest BCUT2D eigenvalue weighted by Gasteiger charge is 2.31. The Kier molecular flexibility index (Phi) is 4.36. The van der Waals surface area contributed by atoms with Crippen molar-refractivity contribution in [3.8, 4) is 0 Å². The summed E-state index contributed by atoms with van der Waals surface area (Å²) in [5, 5.41) is 3.63. The fraction of sp³-hybridized carbons (Fsp3) is 0.200. The van der Waals surface area contributed by atoms with E-state index in [-0.39, 0.29) is 12.3 Å². The summed E-state index contributed by atoms with van der Waals surface area (Å²) < 4.78 is 15.4. The second kappa shape index (κ2) is 6.70.